The van der Waals surface area contributed by atoms with Crippen LogP contribution in [0.3, 0.4) is 0 Å². The first-order valence-corrected chi connectivity index (χ1v) is 11.9. The standard InChI is InChI=1S/C25H31N3O5/c29-21(30)15-28(25(33)23(31)19-14-26-20-13-7-6-12-18(19)20)22(16-8-4-5-9-16)24(32)27-17-10-2-1-3-11-17/h6-7,12-14,16-17,22,26H,1-5,8-11,15H2,(H,27,32)(H,29,30). The molecule has 4 rings (SSSR count). The first-order valence-electron chi connectivity index (χ1n) is 11.9. The fraction of sp³-hybridized carbons (Fsp3) is 0.520. The van der Waals surface area contributed by atoms with Crippen LogP contribution in [0, 0.1) is 5.92 Å². The normalized spacial score (nSPS) is 18.2. The van der Waals surface area contributed by atoms with Crippen LogP contribution in [0.1, 0.15) is 68.1 Å². The Balaban J connectivity index is 1.63. The number of amides is 2. The molecule has 2 aliphatic carbocycles. The number of para-hydroxylation sites is 1. The van der Waals surface area contributed by atoms with Gasteiger partial charge in [0.2, 0.25) is 5.91 Å². The molecule has 8 nitrogen and oxygen atoms in total. The average molecular weight is 454 g/mol. The van der Waals surface area contributed by atoms with E-state index in [9.17, 15) is 24.3 Å². The molecule has 2 aromatic rings. The SMILES string of the molecule is O=C(O)CN(C(=O)C(=O)c1c[nH]c2ccccc12)C(C(=O)NC1CCCCC1)C1CCCC1. The van der Waals surface area contributed by atoms with Crippen LogP contribution in [0.15, 0.2) is 30.5 Å². The number of carbonyl (C=O) groups excluding carboxylic acids is 3. The second kappa shape index (κ2) is 10.2. The molecule has 2 amide bonds. The molecule has 1 atom stereocenters. The summed E-state index contributed by atoms with van der Waals surface area (Å²) in [6.45, 7) is -0.688. The second-order valence-corrected chi connectivity index (χ2v) is 9.24. The lowest BCUT2D eigenvalue weighted by atomic mass is 9.92. The van der Waals surface area contributed by atoms with E-state index >= 15 is 0 Å². The summed E-state index contributed by atoms with van der Waals surface area (Å²) in [5.74, 6) is -3.49. The van der Waals surface area contributed by atoms with Crippen LogP contribution >= 0.6 is 0 Å². The van der Waals surface area contributed by atoms with Crippen molar-refractivity contribution in [2.75, 3.05) is 6.54 Å². The van der Waals surface area contributed by atoms with Crippen LogP contribution < -0.4 is 5.32 Å². The van der Waals surface area contributed by atoms with Gasteiger partial charge < -0.3 is 20.3 Å². The van der Waals surface area contributed by atoms with Gasteiger partial charge in [-0.05, 0) is 37.7 Å². The van der Waals surface area contributed by atoms with Crippen LogP contribution in [-0.2, 0) is 14.4 Å². The van der Waals surface area contributed by atoms with Crippen molar-refractivity contribution >= 4 is 34.5 Å². The predicted molar refractivity (Wildman–Crippen MR) is 123 cm³/mol. The molecule has 0 aliphatic heterocycles. The van der Waals surface area contributed by atoms with Gasteiger partial charge in [-0.25, -0.2) is 0 Å². The minimum atomic E-state index is -1.25. The molecule has 2 aliphatic rings. The molecule has 0 radical (unpaired) electrons. The highest BCUT2D eigenvalue weighted by Gasteiger charge is 2.41. The van der Waals surface area contributed by atoms with E-state index < -0.39 is 30.2 Å². The highest BCUT2D eigenvalue weighted by molar-refractivity contribution is 6.45. The van der Waals surface area contributed by atoms with Crippen molar-refractivity contribution in [1.82, 2.24) is 15.2 Å². The summed E-state index contributed by atoms with van der Waals surface area (Å²) in [5, 5.41) is 13.2. The fourth-order valence-electron chi connectivity index (χ4n) is 5.36. The van der Waals surface area contributed by atoms with Gasteiger partial charge in [0, 0.05) is 23.1 Å². The monoisotopic (exact) mass is 453 g/mol. The number of H-pyrrole nitrogens is 1. The molecule has 2 fully saturated rings. The van der Waals surface area contributed by atoms with Gasteiger partial charge >= 0.3 is 5.97 Å². The van der Waals surface area contributed by atoms with Crippen LogP contribution in [0.25, 0.3) is 10.9 Å². The van der Waals surface area contributed by atoms with Crippen LogP contribution in [-0.4, -0.2) is 57.2 Å². The second-order valence-electron chi connectivity index (χ2n) is 9.24. The molecular weight excluding hydrogens is 422 g/mol. The Hall–Kier alpha value is -3.16. The molecule has 8 heteroatoms. The largest absolute Gasteiger partial charge is 0.480 e. The minimum Gasteiger partial charge on any atom is -0.480 e. The van der Waals surface area contributed by atoms with Crippen molar-refractivity contribution in [1.29, 1.82) is 0 Å². The van der Waals surface area contributed by atoms with E-state index in [1.54, 1.807) is 18.2 Å². The zero-order valence-electron chi connectivity index (χ0n) is 18.7. The van der Waals surface area contributed by atoms with Gasteiger partial charge in [-0.15, -0.1) is 0 Å². The molecule has 0 saturated heterocycles. The van der Waals surface area contributed by atoms with Gasteiger partial charge in [-0.3, -0.25) is 19.2 Å². The van der Waals surface area contributed by atoms with Crippen LogP contribution in [0.4, 0.5) is 0 Å². The van der Waals surface area contributed by atoms with Gasteiger partial charge in [-0.2, -0.15) is 0 Å². The van der Waals surface area contributed by atoms with E-state index in [0.29, 0.717) is 10.9 Å². The summed E-state index contributed by atoms with van der Waals surface area (Å²) in [7, 11) is 0. The molecule has 176 valence electrons. The molecule has 1 unspecified atom stereocenters. The molecule has 1 aromatic heterocycles. The van der Waals surface area contributed by atoms with Gasteiger partial charge in [-0.1, -0.05) is 50.3 Å². The number of fused-ring (bicyclic) bond motifs is 1. The third-order valence-electron chi connectivity index (χ3n) is 7.00. The predicted octanol–water partition coefficient (Wildman–Crippen LogP) is 3.27. The Morgan fingerprint density at radius 2 is 1.67 bits per heavy atom. The average Bonchev–Trinajstić information content (AvgIpc) is 3.48. The number of rotatable bonds is 8. The quantitative estimate of drug-likeness (QED) is 0.419. The van der Waals surface area contributed by atoms with Crippen molar-refractivity contribution in [2.24, 2.45) is 5.92 Å². The Labute approximate surface area is 192 Å². The number of aromatic nitrogens is 1. The number of carboxylic acid groups (broad SMARTS) is 1. The van der Waals surface area contributed by atoms with Gasteiger partial charge in [0.1, 0.15) is 12.6 Å². The van der Waals surface area contributed by atoms with E-state index in [-0.39, 0.29) is 23.4 Å². The van der Waals surface area contributed by atoms with Crippen molar-refractivity contribution in [3.63, 3.8) is 0 Å². The molecule has 0 bridgehead atoms. The number of hydrogen-bond donors (Lipinski definition) is 3. The molecule has 3 N–H and O–H groups in total. The zero-order chi connectivity index (χ0) is 23.4. The summed E-state index contributed by atoms with van der Waals surface area (Å²) >= 11 is 0. The summed E-state index contributed by atoms with van der Waals surface area (Å²) < 4.78 is 0. The lowest BCUT2D eigenvalue weighted by Crippen LogP contribution is -2.57. The number of aliphatic carboxylic acids is 1. The van der Waals surface area contributed by atoms with Crippen LogP contribution in [0.5, 0.6) is 0 Å². The Bertz CT molecular complexity index is 1030. The molecule has 33 heavy (non-hydrogen) atoms. The molecule has 2 saturated carbocycles. The molecule has 0 spiro atoms. The summed E-state index contributed by atoms with van der Waals surface area (Å²) in [6, 6.07) is 6.18. The molecule has 1 aromatic carbocycles. The summed E-state index contributed by atoms with van der Waals surface area (Å²) in [5.41, 5.74) is 0.893. The van der Waals surface area contributed by atoms with Crippen molar-refractivity contribution in [3.05, 3.63) is 36.0 Å². The summed E-state index contributed by atoms with van der Waals surface area (Å²) in [4.78, 5) is 55.8. The Morgan fingerprint density at radius 1 is 1.00 bits per heavy atom. The minimum absolute atomic E-state index is 0.0289. The molecule has 1 heterocycles. The van der Waals surface area contributed by atoms with Crippen LogP contribution in [0.2, 0.25) is 0 Å². The van der Waals surface area contributed by atoms with Gasteiger partial charge in [0.25, 0.3) is 11.7 Å². The fourth-order valence-corrected chi connectivity index (χ4v) is 5.36. The van der Waals surface area contributed by atoms with E-state index in [0.717, 1.165) is 62.7 Å². The number of Topliss-reactive ketones (excluding diaryl/α,β-unsaturated/α-hetero) is 1. The topological polar surface area (TPSA) is 120 Å². The lowest BCUT2D eigenvalue weighted by Gasteiger charge is -2.35. The zero-order valence-corrected chi connectivity index (χ0v) is 18.7. The highest BCUT2D eigenvalue weighted by atomic mass is 16.4. The third kappa shape index (κ3) is 5.10. The van der Waals surface area contributed by atoms with Crippen molar-refractivity contribution in [2.45, 2.75) is 69.9 Å². The van der Waals surface area contributed by atoms with E-state index in [1.165, 1.54) is 6.20 Å². The highest BCUT2D eigenvalue weighted by Crippen LogP contribution is 2.32. The summed E-state index contributed by atoms with van der Waals surface area (Å²) in [6.07, 6.45) is 9.74. The van der Waals surface area contributed by atoms with Crippen molar-refractivity contribution < 1.29 is 24.3 Å². The number of nitrogens with one attached hydrogen (secondary N) is 2. The number of hydrogen-bond acceptors (Lipinski definition) is 4. The smallest absolute Gasteiger partial charge is 0.323 e. The Kier molecular flexibility index (Phi) is 7.11. The van der Waals surface area contributed by atoms with E-state index in [2.05, 4.69) is 10.3 Å². The number of carboxylic acids is 1. The lowest BCUT2D eigenvalue weighted by molar-refractivity contribution is -0.148. The molecular formula is C25H31N3O5. The Morgan fingerprint density at radius 3 is 2.36 bits per heavy atom. The van der Waals surface area contributed by atoms with E-state index in [1.807, 2.05) is 6.07 Å². The number of carbonyl (C=O) groups is 4. The van der Waals surface area contributed by atoms with Crippen molar-refractivity contribution in [3.8, 4) is 0 Å². The number of ketones is 1. The maximum atomic E-state index is 13.4. The third-order valence-corrected chi connectivity index (χ3v) is 7.00. The van der Waals surface area contributed by atoms with Gasteiger partial charge in [0.15, 0.2) is 0 Å². The first-order chi connectivity index (χ1) is 16.0. The van der Waals surface area contributed by atoms with Gasteiger partial charge in [0.05, 0.1) is 5.56 Å². The first kappa shape index (κ1) is 23.0. The maximum absolute atomic E-state index is 13.4. The number of nitrogens with zero attached hydrogens (tertiary/aromatic N) is 1. The number of aromatic amines is 1. The van der Waals surface area contributed by atoms with E-state index in [4.69, 9.17) is 0 Å². The maximum Gasteiger partial charge on any atom is 0.323 e. The number of benzene rings is 1.